The molecule has 5 heteroatoms. The van der Waals surface area contributed by atoms with Crippen molar-refractivity contribution < 1.29 is 9.53 Å². The fraction of sp³-hybridized carbons (Fsp3) is 0.588. The van der Waals surface area contributed by atoms with Crippen LogP contribution in [0.5, 0.6) is 5.75 Å². The summed E-state index contributed by atoms with van der Waals surface area (Å²) >= 11 is 0. The van der Waals surface area contributed by atoms with Crippen molar-refractivity contribution in [3.63, 3.8) is 0 Å². The van der Waals surface area contributed by atoms with Crippen molar-refractivity contribution in [3.05, 3.63) is 29.8 Å². The van der Waals surface area contributed by atoms with Gasteiger partial charge in [-0.25, -0.2) is 0 Å². The van der Waals surface area contributed by atoms with Gasteiger partial charge in [0.2, 0.25) is 5.91 Å². The van der Waals surface area contributed by atoms with E-state index in [0.29, 0.717) is 19.1 Å². The highest BCUT2D eigenvalue weighted by Crippen LogP contribution is 2.13. The summed E-state index contributed by atoms with van der Waals surface area (Å²) in [6.45, 7) is 8.79. The highest BCUT2D eigenvalue weighted by Gasteiger charge is 2.19. The summed E-state index contributed by atoms with van der Waals surface area (Å²) in [4.78, 5) is 14.3. The average Bonchev–Trinajstić information content (AvgIpc) is 2.53. The predicted molar refractivity (Wildman–Crippen MR) is 88.0 cm³/mol. The van der Waals surface area contributed by atoms with Crippen LogP contribution in [-0.2, 0) is 11.3 Å². The van der Waals surface area contributed by atoms with Crippen molar-refractivity contribution in [2.45, 2.75) is 32.9 Å². The second-order valence-electron chi connectivity index (χ2n) is 5.80. The number of amides is 1. The third kappa shape index (κ3) is 5.31. The molecule has 1 amide bonds. The number of ether oxygens (including phenoxy) is 1. The molecule has 2 N–H and O–H groups in total. The van der Waals surface area contributed by atoms with Crippen molar-refractivity contribution >= 4 is 5.91 Å². The largest absolute Gasteiger partial charge is 0.494 e. The molecule has 122 valence electrons. The molecule has 0 unspecified atom stereocenters. The lowest BCUT2D eigenvalue weighted by atomic mass is 10.2. The topological polar surface area (TPSA) is 53.6 Å². The Morgan fingerprint density at radius 2 is 2.36 bits per heavy atom. The molecule has 1 aromatic carbocycles. The maximum absolute atomic E-state index is 12.1. The van der Waals surface area contributed by atoms with Gasteiger partial charge in [0.1, 0.15) is 5.75 Å². The molecular formula is C17H27N3O2. The van der Waals surface area contributed by atoms with E-state index in [9.17, 15) is 4.79 Å². The molecule has 22 heavy (non-hydrogen) atoms. The number of nitrogens with one attached hydrogen (secondary N) is 2. The predicted octanol–water partition coefficient (Wildman–Crippen LogP) is 1.39. The van der Waals surface area contributed by atoms with Gasteiger partial charge in [0.05, 0.1) is 13.2 Å². The molecule has 1 fully saturated rings. The Morgan fingerprint density at radius 3 is 3.14 bits per heavy atom. The van der Waals surface area contributed by atoms with Crippen LogP contribution in [0, 0.1) is 0 Å². The molecule has 1 heterocycles. The molecule has 0 aliphatic carbocycles. The van der Waals surface area contributed by atoms with Crippen LogP contribution in [0.15, 0.2) is 24.3 Å². The SMILES string of the molecule is CCCOc1cccc(CNC(=O)CN2CCNC[C@H]2C)c1. The first-order valence-corrected chi connectivity index (χ1v) is 8.12. The second kappa shape index (κ2) is 8.76. The third-order valence-corrected chi connectivity index (χ3v) is 3.85. The molecule has 5 nitrogen and oxygen atoms in total. The number of carbonyl (C=O) groups excluding carboxylic acids is 1. The van der Waals surface area contributed by atoms with Gasteiger partial charge in [-0.05, 0) is 31.0 Å². The van der Waals surface area contributed by atoms with E-state index in [4.69, 9.17) is 4.74 Å². The maximum Gasteiger partial charge on any atom is 0.234 e. The molecule has 1 aliphatic rings. The molecular weight excluding hydrogens is 278 g/mol. The van der Waals surface area contributed by atoms with Gasteiger partial charge in [-0.2, -0.15) is 0 Å². The Bertz CT molecular complexity index is 479. The van der Waals surface area contributed by atoms with Gasteiger partial charge in [-0.1, -0.05) is 19.1 Å². The van der Waals surface area contributed by atoms with Crippen LogP contribution in [0.1, 0.15) is 25.8 Å². The Morgan fingerprint density at radius 1 is 1.50 bits per heavy atom. The van der Waals surface area contributed by atoms with Crippen molar-refractivity contribution in [1.82, 2.24) is 15.5 Å². The van der Waals surface area contributed by atoms with E-state index in [2.05, 4.69) is 29.4 Å². The van der Waals surface area contributed by atoms with Crippen LogP contribution < -0.4 is 15.4 Å². The van der Waals surface area contributed by atoms with Gasteiger partial charge in [0, 0.05) is 32.2 Å². The number of benzene rings is 1. The Kier molecular flexibility index (Phi) is 6.68. The van der Waals surface area contributed by atoms with E-state index in [-0.39, 0.29) is 5.91 Å². The molecule has 1 aliphatic heterocycles. The van der Waals surface area contributed by atoms with Crippen LogP contribution >= 0.6 is 0 Å². The number of rotatable bonds is 7. The summed E-state index contributed by atoms with van der Waals surface area (Å²) in [5.41, 5.74) is 1.07. The summed E-state index contributed by atoms with van der Waals surface area (Å²) in [6, 6.07) is 8.31. The summed E-state index contributed by atoms with van der Waals surface area (Å²) < 4.78 is 5.61. The molecule has 0 radical (unpaired) electrons. The van der Waals surface area contributed by atoms with Crippen LogP contribution in [0.25, 0.3) is 0 Å². The van der Waals surface area contributed by atoms with Crippen LogP contribution in [0.4, 0.5) is 0 Å². The smallest absolute Gasteiger partial charge is 0.234 e. The molecule has 1 atom stereocenters. The van der Waals surface area contributed by atoms with Gasteiger partial charge in [-0.15, -0.1) is 0 Å². The Labute approximate surface area is 133 Å². The Hall–Kier alpha value is -1.59. The lowest BCUT2D eigenvalue weighted by molar-refractivity contribution is -0.123. The van der Waals surface area contributed by atoms with Crippen LogP contribution in [0.2, 0.25) is 0 Å². The summed E-state index contributed by atoms with van der Waals surface area (Å²) in [5, 5.41) is 6.32. The van der Waals surface area contributed by atoms with E-state index in [1.54, 1.807) is 0 Å². The zero-order chi connectivity index (χ0) is 15.8. The minimum absolute atomic E-state index is 0.0774. The van der Waals surface area contributed by atoms with E-state index in [0.717, 1.165) is 44.0 Å². The minimum Gasteiger partial charge on any atom is -0.494 e. The number of nitrogens with zero attached hydrogens (tertiary/aromatic N) is 1. The summed E-state index contributed by atoms with van der Waals surface area (Å²) in [6.07, 6.45) is 0.990. The average molecular weight is 305 g/mol. The molecule has 1 aromatic rings. The number of carbonyl (C=O) groups is 1. The first kappa shape index (κ1) is 16.8. The zero-order valence-electron chi connectivity index (χ0n) is 13.6. The second-order valence-corrected chi connectivity index (χ2v) is 5.80. The number of hydrogen-bond acceptors (Lipinski definition) is 4. The zero-order valence-corrected chi connectivity index (χ0v) is 13.6. The number of piperazine rings is 1. The molecule has 0 aromatic heterocycles. The van der Waals surface area contributed by atoms with Gasteiger partial charge in [0.25, 0.3) is 0 Å². The monoisotopic (exact) mass is 305 g/mol. The lowest BCUT2D eigenvalue weighted by Crippen LogP contribution is -2.52. The van der Waals surface area contributed by atoms with Crippen LogP contribution in [-0.4, -0.2) is 49.6 Å². The van der Waals surface area contributed by atoms with Gasteiger partial charge < -0.3 is 15.4 Å². The van der Waals surface area contributed by atoms with Crippen molar-refractivity contribution in [3.8, 4) is 5.75 Å². The van der Waals surface area contributed by atoms with Gasteiger partial charge >= 0.3 is 0 Å². The highest BCUT2D eigenvalue weighted by molar-refractivity contribution is 5.78. The molecule has 0 spiro atoms. The van der Waals surface area contributed by atoms with E-state index in [1.165, 1.54) is 0 Å². The summed E-state index contributed by atoms with van der Waals surface area (Å²) in [5.74, 6) is 0.943. The fourth-order valence-corrected chi connectivity index (χ4v) is 2.52. The van der Waals surface area contributed by atoms with Crippen molar-refractivity contribution in [1.29, 1.82) is 0 Å². The first-order valence-electron chi connectivity index (χ1n) is 8.12. The van der Waals surface area contributed by atoms with Gasteiger partial charge in [-0.3, -0.25) is 9.69 Å². The Balaban J connectivity index is 1.78. The van der Waals surface area contributed by atoms with E-state index in [1.807, 2.05) is 24.3 Å². The molecule has 0 bridgehead atoms. The molecule has 0 saturated carbocycles. The lowest BCUT2D eigenvalue weighted by Gasteiger charge is -2.33. The van der Waals surface area contributed by atoms with Gasteiger partial charge in [0.15, 0.2) is 0 Å². The highest BCUT2D eigenvalue weighted by atomic mass is 16.5. The van der Waals surface area contributed by atoms with E-state index >= 15 is 0 Å². The van der Waals surface area contributed by atoms with E-state index < -0.39 is 0 Å². The minimum atomic E-state index is 0.0774. The molecule has 2 rings (SSSR count). The first-order chi connectivity index (χ1) is 10.7. The molecule has 1 saturated heterocycles. The van der Waals surface area contributed by atoms with Crippen molar-refractivity contribution in [2.75, 3.05) is 32.8 Å². The normalized spacial score (nSPS) is 18.9. The number of hydrogen-bond donors (Lipinski definition) is 2. The maximum atomic E-state index is 12.1. The van der Waals surface area contributed by atoms with Crippen LogP contribution in [0.3, 0.4) is 0 Å². The van der Waals surface area contributed by atoms with Crippen molar-refractivity contribution in [2.24, 2.45) is 0 Å². The summed E-state index contributed by atoms with van der Waals surface area (Å²) in [7, 11) is 0. The standard InChI is InChI=1S/C17H27N3O2/c1-3-9-22-16-6-4-5-15(10-16)12-19-17(21)13-20-8-7-18-11-14(20)2/h4-6,10,14,18H,3,7-9,11-13H2,1-2H3,(H,19,21)/t14-/m1/s1. The quantitative estimate of drug-likeness (QED) is 0.799. The third-order valence-electron chi connectivity index (χ3n) is 3.85. The fourth-order valence-electron chi connectivity index (χ4n) is 2.52.